The first kappa shape index (κ1) is 37.4. The van der Waals surface area contributed by atoms with Gasteiger partial charge in [0, 0.05) is 33.2 Å². The number of benzene rings is 10. The van der Waals surface area contributed by atoms with Gasteiger partial charge in [0.1, 0.15) is 11.5 Å². The van der Waals surface area contributed by atoms with Crippen molar-refractivity contribution in [2.45, 2.75) is 24.7 Å². The van der Waals surface area contributed by atoms with Crippen molar-refractivity contribution in [3.05, 3.63) is 246 Å². The zero-order valence-corrected chi connectivity index (χ0v) is 36.0. The molecule has 1 aromatic heterocycles. The molecule has 0 saturated heterocycles. The van der Waals surface area contributed by atoms with Gasteiger partial charge in [-0.2, -0.15) is 0 Å². The summed E-state index contributed by atoms with van der Waals surface area (Å²) in [6.07, 6.45) is 0. The molecule has 2 aliphatic rings. The molecule has 0 amide bonds. The topological polar surface area (TPSA) is 47.9 Å². The second-order valence-electron chi connectivity index (χ2n) is 17.9. The number of aromatic nitrogens is 3. The fourth-order valence-corrected chi connectivity index (χ4v) is 11.0. The molecule has 2 heterocycles. The van der Waals surface area contributed by atoms with Gasteiger partial charge in [-0.1, -0.05) is 196 Å². The number of hydrogen-bond acceptors (Lipinski definition) is 4. The maximum atomic E-state index is 6.69. The molecule has 0 saturated carbocycles. The maximum Gasteiger partial charge on any atom is 0.164 e. The van der Waals surface area contributed by atoms with Crippen LogP contribution in [-0.2, 0) is 10.8 Å². The van der Waals surface area contributed by atoms with E-state index in [1.54, 1.807) is 0 Å². The smallest absolute Gasteiger partial charge is 0.164 e. The van der Waals surface area contributed by atoms with Crippen molar-refractivity contribution in [1.82, 2.24) is 15.0 Å². The van der Waals surface area contributed by atoms with E-state index in [4.69, 9.17) is 19.7 Å². The zero-order valence-electron chi connectivity index (χ0n) is 36.0. The third-order valence-electron chi connectivity index (χ3n) is 14.0. The highest BCUT2D eigenvalue weighted by Crippen LogP contribution is 2.61. The number of hydrogen-bond donors (Lipinski definition) is 0. The molecule has 0 bridgehead atoms. The zero-order chi connectivity index (χ0) is 43.3. The Morgan fingerprint density at radius 2 is 0.723 bits per heavy atom. The van der Waals surface area contributed by atoms with Crippen LogP contribution in [0.1, 0.15) is 47.2 Å². The first-order valence-electron chi connectivity index (χ1n) is 22.3. The summed E-state index contributed by atoms with van der Waals surface area (Å²) >= 11 is 0. The van der Waals surface area contributed by atoms with Crippen LogP contribution in [0.2, 0.25) is 0 Å². The number of ether oxygens (including phenoxy) is 1. The Morgan fingerprint density at radius 1 is 0.292 bits per heavy atom. The van der Waals surface area contributed by atoms with Crippen molar-refractivity contribution in [1.29, 1.82) is 0 Å². The second-order valence-corrected chi connectivity index (χ2v) is 17.9. The highest BCUT2D eigenvalue weighted by molar-refractivity contribution is 6.25. The Bertz CT molecular complexity index is 3660. The van der Waals surface area contributed by atoms with Crippen molar-refractivity contribution in [3.63, 3.8) is 0 Å². The molecule has 1 aliphatic heterocycles. The molecule has 0 fully saturated rings. The summed E-state index contributed by atoms with van der Waals surface area (Å²) in [7, 11) is 0. The van der Waals surface area contributed by atoms with Gasteiger partial charge in [0.15, 0.2) is 17.5 Å². The average molecular weight is 832 g/mol. The van der Waals surface area contributed by atoms with Gasteiger partial charge in [0.05, 0.1) is 5.41 Å². The summed E-state index contributed by atoms with van der Waals surface area (Å²) in [6, 6.07) is 76.1. The number of fused-ring (bicyclic) bond motifs is 14. The fourth-order valence-electron chi connectivity index (χ4n) is 11.0. The minimum absolute atomic E-state index is 0.253. The molecule has 0 radical (unpaired) electrons. The lowest BCUT2D eigenvalue weighted by Gasteiger charge is -2.50. The van der Waals surface area contributed by atoms with E-state index in [9.17, 15) is 0 Å². The molecule has 306 valence electrons. The van der Waals surface area contributed by atoms with Crippen LogP contribution in [0.5, 0.6) is 11.5 Å². The molecule has 0 atom stereocenters. The second kappa shape index (κ2) is 14.2. The van der Waals surface area contributed by atoms with E-state index in [-0.39, 0.29) is 5.41 Å². The van der Waals surface area contributed by atoms with E-state index in [0.29, 0.717) is 17.5 Å². The summed E-state index contributed by atoms with van der Waals surface area (Å²) in [5.74, 6) is 3.65. The first-order valence-corrected chi connectivity index (χ1v) is 22.3. The number of rotatable bonds is 4. The maximum absolute atomic E-state index is 6.69. The molecular weight excluding hydrogens is 791 g/mol. The van der Waals surface area contributed by atoms with Crippen molar-refractivity contribution in [3.8, 4) is 56.8 Å². The first-order chi connectivity index (χ1) is 32.0. The molecule has 1 spiro atoms. The lowest BCUT2D eigenvalue weighted by molar-refractivity contribution is 0.425. The van der Waals surface area contributed by atoms with Gasteiger partial charge in [0.25, 0.3) is 0 Å². The SMILES string of the molecule is CC1(C)c2ccccc2C2(c3ccccc3Oc3ccccc32)c2cc(-c3cccc(-c4nc(-c5ccccc5)nc(-c5ccc6c7ccccc7c7ccccc7c6c5)n4)c3)ccc21. The Kier molecular flexibility index (Phi) is 8.13. The van der Waals surface area contributed by atoms with Crippen LogP contribution < -0.4 is 4.74 Å². The molecule has 4 nitrogen and oxygen atoms in total. The van der Waals surface area contributed by atoms with Crippen LogP contribution >= 0.6 is 0 Å². The lowest BCUT2D eigenvalue weighted by atomic mass is 9.53. The van der Waals surface area contributed by atoms with Gasteiger partial charge in [0.2, 0.25) is 0 Å². The minimum atomic E-state index is -0.605. The number of nitrogens with zero attached hydrogens (tertiary/aromatic N) is 3. The van der Waals surface area contributed by atoms with E-state index < -0.39 is 5.41 Å². The van der Waals surface area contributed by atoms with Gasteiger partial charge in [-0.25, -0.2) is 15.0 Å². The van der Waals surface area contributed by atoms with Crippen molar-refractivity contribution < 1.29 is 4.74 Å². The average Bonchev–Trinajstić information content (AvgIpc) is 3.37. The van der Waals surface area contributed by atoms with E-state index in [1.807, 2.05) is 18.2 Å². The van der Waals surface area contributed by atoms with Crippen molar-refractivity contribution in [2.24, 2.45) is 0 Å². The summed E-state index contributed by atoms with van der Waals surface area (Å²) < 4.78 is 6.69. The summed E-state index contributed by atoms with van der Waals surface area (Å²) in [5.41, 5.74) is 11.6. The highest BCUT2D eigenvalue weighted by Gasteiger charge is 2.52. The fraction of sp³-hybridized carbons (Fsp3) is 0.0656. The monoisotopic (exact) mass is 831 g/mol. The van der Waals surface area contributed by atoms with E-state index in [1.165, 1.54) is 54.6 Å². The minimum Gasteiger partial charge on any atom is -0.457 e. The highest BCUT2D eigenvalue weighted by atomic mass is 16.5. The lowest BCUT2D eigenvalue weighted by Crippen LogP contribution is -2.43. The van der Waals surface area contributed by atoms with E-state index in [2.05, 4.69) is 208 Å². The predicted octanol–water partition coefficient (Wildman–Crippen LogP) is 15.1. The molecular formula is C61H41N3O. The quantitative estimate of drug-likeness (QED) is 0.166. The van der Waals surface area contributed by atoms with Gasteiger partial charge in [-0.15, -0.1) is 0 Å². The van der Waals surface area contributed by atoms with Crippen molar-refractivity contribution in [2.75, 3.05) is 0 Å². The molecule has 65 heavy (non-hydrogen) atoms. The molecule has 0 unspecified atom stereocenters. The summed E-state index contributed by atoms with van der Waals surface area (Å²) in [5, 5.41) is 7.31. The molecule has 4 heteroatoms. The van der Waals surface area contributed by atoms with E-state index in [0.717, 1.165) is 50.4 Å². The normalized spacial score (nSPS) is 14.1. The molecule has 10 aromatic carbocycles. The van der Waals surface area contributed by atoms with Crippen LogP contribution in [-0.4, -0.2) is 15.0 Å². The molecule has 13 rings (SSSR count). The van der Waals surface area contributed by atoms with Gasteiger partial charge in [-0.3, -0.25) is 0 Å². The van der Waals surface area contributed by atoms with Crippen LogP contribution in [0.4, 0.5) is 0 Å². The Labute approximate surface area is 377 Å². The molecule has 1 aliphatic carbocycles. The molecule has 11 aromatic rings. The van der Waals surface area contributed by atoms with Crippen molar-refractivity contribution >= 4 is 32.3 Å². The standard InChI is InChI=1S/C61H41N3O/c1-60(2)49-25-10-11-26-51(49)61(52-27-12-14-29-55(52)65-56-30-15-13-28-53(56)61)54-37-40(32-34-50(54)60)39-19-16-20-41(35-39)58-62-57(38-17-4-3-5-18-38)63-59(64-58)42-31-33-47-45-23-7-6-21-43(45)44-22-8-9-24-46(44)48(47)36-42/h3-37H,1-2H3. The van der Waals surface area contributed by atoms with Crippen LogP contribution in [0.15, 0.2) is 212 Å². The van der Waals surface area contributed by atoms with Crippen LogP contribution in [0.3, 0.4) is 0 Å². The Morgan fingerprint density at radius 3 is 1.37 bits per heavy atom. The largest absolute Gasteiger partial charge is 0.457 e. The van der Waals surface area contributed by atoms with Gasteiger partial charge < -0.3 is 4.74 Å². The van der Waals surface area contributed by atoms with Crippen LogP contribution in [0.25, 0.3) is 77.6 Å². The summed E-state index contributed by atoms with van der Waals surface area (Å²) in [6.45, 7) is 4.72. The third-order valence-corrected chi connectivity index (χ3v) is 14.0. The number of para-hydroxylation sites is 2. The van der Waals surface area contributed by atoms with Gasteiger partial charge >= 0.3 is 0 Å². The predicted molar refractivity (Wildman–Crippen MR) is 265 cm³/mol. The van der Waals surface area contributed by atoms with Gasteiger partial charge in [-0.05, 0) is 96.0 Å². The van der Waals surface area contributed by atoms with E-state index >= 15 is 0 Å². The Hall–Kier alpha value is -8.21. The Balaban J connectivity index is 0.999. The third kappa shape index (κ3) is 5.53. The molecule has 0 N–H and O–H groups in total. The summed E-state index contributed by atoms with van der Waals surface area (Å²) in [4.78, 5) is 15.6. The van der Waals surface area contributed by atoms with Crippen LogP contribution in [0, 0.1) is 0 Å².